The Morgan fingerprint density at radius 2 is 1.90 bits per heavy atom. The van der Waals surface area contributed by atoms with Crippen molar-refractivity contribution >= 4 is 17.4 Å². The zero-order valence-electron chi connectivity index (χ0n) is 12.4. The largest absolute Gasteiger partial charge is 0.340 e. The maximum absolute atomic E-state index is 12.1. The third-order valence-corrected chi connectivity index (χ3v) is 3.12. The fraction of sp³-hybridized carbons (Fsp3) is 0.312. The number of carbonyl (C=O) groups excluding carboxylic acids is 1. The van der Waals surface area contributed by atoms with Crippen molar-refractivity contribution in [1.82, 2.24) is 15.1 Å². The van der Waals surface area contributed by atoms with Crippen molar-refractivity contribution in [3.8, 4) is 0 Å². The van der Waals surface area contributed by atoms with Crippen LogP contribution in [0.5, 0.6) is 0 Å². The van der Waals surface area contributed by atoms with Gasteiger partial charge in [0.2, 0.25) is 0 Å². The Balaban J connectivity index is 2.00. The van der Waals surface area contributed by atoms with E-state index in [1.54, 1.807) is 24.1 Å². The van der Waals surface area contributed by atoms with Crippen molar-refractivity contribution in [2.75, 3.05) is 18.9 Å². The van der Waals surface area contributed by atoms with Crippen molar-refractivity contribution < 1.29 is 4.79 Å². The number of rotatable bonds is 6. The Kier molecular flexibility index (Phi) is 5.26. The number of anilines is 2. The smallest absolute Gasteiger partial charge is 0.274 e. The van der Waals surface area contributed by atoms with Gasteiger partial charge in [-0.1, -0.05) is 31.5 Å². The van der Waals surface area contributed by atoms with Gasteiger partial charge in [-0.15, -0.1) is 10.2 Å². The van der Waals surface area contributed by atoms with E-state index in [-0.39, 0.29) is 5.91 Å². The Bertz CT molecular complexity index is 569. The molecule has 0 aliphatic rings. The van der Waals surface area contributed by atoms with Gasteiger partial charge in [-0.25, -0.2) is 0 Å². The van der Waals surface area contributed by atoms with E-state index < -0.39 is 0 Å². The quantitative estimate of drug-likeness (QED) is 0.885. The summed E-state index contributed by atoms with van der Waals surface area (Å²) in [6.45, 7) is 2.84. The molecule has 2 rings (SSSR count). The minimum Gasteiger partial charge on any atom is -0.340 e. The number of amides is 1. The summed E-state index contributed by atoms with van der Waals surface area (Å²) in [5.41, 5.74) is 1.30. The normalized spacial score (nSPS) is 10.2. The highest BCUT2D eigenvalue weighted by molar-refractivity contribution is 5.92. The monoisotopic (exact) mass is 284 g/mol. The zero-order valence-corrected chi connectivity index (χ0v) is 12.4. The molecule has 1 aromatic heterocycles. The van der Waals surface area contributed by atoms with Gasteiger partial charge < -0.3 is 10.2 Å². The topological polar surface area (TPSA) is 58.1 Å². The molecule has 110 valence electrons. The van der Waals surface area contributed by atoms with Crippen LogP contribution in [-0.2, 0) is 0 Å². The summed E-state index contributed by atoms with van der Waals surface area (Å²) in [6.07, 6.45) is 2.05. The predicted octanol–water partition coefficient (Wildman–Crippen LogP) is 3.09. The van der Waals surface area contributed by atoms with E-state index >= 15 is 0 Å². The SMILES string of the molecule is CCCCN(C)C(=O)c1ccc(Nc2ccccc2)nn1. The van der Waals surface area contributed by atoms with Crippen LogP contribution in [0, 0.1) is 0 Å². The lowest BCUT2D eigenvalue weighted by molar-refractivity contribution is 0.0786. The minimum atomic E-state index is -0.0952. The van der Waals surface area contributed by atoms with Crippen LogP contribution in [-0.4, -0.2) is 34.6 Å². The van der Waals surface area contributed by atoms with Crippen molar-refractivity contribution in [2.45, 2.75) is 19.8 Å². The number of unbranched alkanes of at least 4 members (excludes halogenated alkanes) is 1. The number of para-hydroxylation sites is 1. The third-order valence-electron chi connectivity index (χ3n) is 3.12. The molecule has 2 aromatic rings. The predicted molar refractivity (Wildman–Crippen MR) is 83.6 cm³/mol. The summed E-state index contributed by atoms with van der Waals surface area (Å²) in [4.78, 5) is 13.8. The van der Waals surface area contributed by atoms with Crippen LogP contribution in [0.1, 0.15) is 30.3 Å². The highest BCUT2D eigenvalue weighted by Crippen LogP contribution is 2.13. The van der Waals surface area contributed by atoms with Crippen LogP contribution in [0.15, 0.2) is 42.5 Å². The second-order valence-electron chi connectivity index (χ2n) is 4.88. The van der Waals surface area contributed by atoms with Gasteiger partial charge in [0, 0.05) is 19.3 Å². The summed E-state index contributed by atoms with van der Waals surface area (Å²) in [6, 6.07) is 13.2. The molecule has 0 spiro atoms. The minimum absolute atomic E-state index is 0.0952. The van der Waals surface area contributed by atoms with Crippen molar-refractivity contribution in [2.24, 2.45) is 0 Å². The lowest BCUT2D eigenvalue weighted by Gasteiger charge is -2.15. The van der Waals surface area contributed by atoms with Crippen LogP contribution in [0.2, 0.25) is 0 Å². The lowest BCUT2D eigenvalue weighted by Crippen LogP contribution is -2.28. The molecule has 0 atom stereocenters. The number of nitrogens with one attached hydrogen (secondary N) is 1. The maximum Gasteiger partial charge on any atom is 0.274 e. The van der Waals surface area contributed by atoms with Crippen LogP contribution in [0.25, 0.3) is 0 Å². The summed E-state index contributed by atoms with van der Waals surface area (Å²) >= 11 is 0. The first-order valence-electron chi connectivity index (χ1n) is 7.12. The highest BCUT2D eigenvalue weighted by atomic mass is 16.2. The molecule has 1 aromatic carbocycles. The summed E-state index contributed by atoms with van der Waals surface area (Å²) < 4.78 is 0. The summed E-state index contributed by atoms with van der Waals surface area (Å²) in [5, 5.41) is 11.2. The molecule has 1 heterocycles. The second-order valence-corrected chi connectivity index (χ2v) is 4.88. The van der Waals surface area contributed by atoms with Gasteiger partial charge in [0.1, 0.15) is 0 Å². The fourth-order valence-corrected chi connectivity index (χ4v) is 1.87. The van der Waals surface area contributed by atoms with Gasteiger partial charge in [0.25, 0.3) is 5.91 Å². The van der Waals surface area contributed by atoms with E-state index in [2.05, 4.69) is 22.4 Å². The van der Waals surface area contributed by atoms with Crippen LogP contribution >= 0.6 is 0 Å². The maximum atomic E-state index is 12.1. The molecule has 1 amide bonds. The second kappa shape index (κ2) is 7.38. The molecule has 0 unspecified atom stereocenters. The van der Waals surface area contributed by atoms with Crippen LogP contribution in [0.3, 0.4) is 0 Å². The van der Waals surface area contributed by atoms with E-state index in [9.17, 15) is 4.79 Å². The Morgan fingerprint density at radius 1 is 1.14 bits per heavy atom. The standard InChI is InChI=1S/C16H20N4O/c1-3-4-12-20(2)16(21)14-10-11-15(19-18-14)17-13-8-6-5-7-9-13/h5-11H,3-4,12H2,1-2H3,(H,17,19). The average Bonchev–Trinajstić information content (AvgIpc) is 2.53. The fourth-order valence-electron chi connectivity index (χ4n) is 1.87. The van der Waals surface area contributed by atoms with Crippen molar-refractivity contribution in [3.63, 3.8) is 0 Å². The van der Waals surface area contributed by atoms with Gasteiger partial charge >= 0.3 is 0 Å². The van der Waals surface area contributed by atoms with Gasteiger partial charge in [-0.2, -0.15) is 0 Å². The number of carbonyl (C=O) groups is 1. The first kappa shape index (κ1) is 15.0. The molecule has 1 N–H and O–H groups in total. The Labute approximate surface area is 125 Å². The Hall–Kier alpha value is -2.43. The van der Waals surface area contributed by atoms with Crippen LogP contribution in [0.4, 0.5) is 11.5 Å². The number of nitrogens with zero attached hydrogens (tertiary/aromatic N) is 3. The zero-order chi connectivity index (χ0) is 15.1. The molecule has 0 fully saturated rings. The van der Waals surface area contributed by atoms with Gasteiger partial charge in [-0.05, 0) is 30.7 Å². The van der Waals surface area contributed by atoms with E-state index in [1.807, 2.05) is 30.3 Å². The number of aromatic nitrogens is 2. The summed E-state index contributed by atoms with van der Waals surface area (Å²) in [7, 11) is 1.79. The average molecular weight is 284 g/mol. The molecular formula is C16H20N4O. The molecule has 0 bridgehead atoms. The molecule has 0 radical (unpaired) electrons. The van der Waals surface area contributed by atoms with Crippen LogP contribution < -0.4 is 5.32 Å². The molecular weight excluding hydrogens is 264 g/mol. The first-order chi connectivity index (χ1) is 10.2. The molecule has 0 saturated heterocycles. The molecule has 0 aliphatic heterocycles. The highest BCUT2D eigenvalue weighted by Gasteiger charge is 2.13. The van der Waals surface area contributed by atoms with Gasteiger partial charge in [-0.3, -0.25) is 4.79 Å². The molecule has 21 heavy (non-hydrogen) atoms. The van der Waals surface area contributed by atoms with E-state index in [1.165, 1.54) is 0 Å². The van der Waals surface area contributed by atoms with Crippen molar-refractivity contribution in [1.29, 1.82) is 0 Å². The van der Waals surface area contributed by atoms with E-state index in [4.69, 9.17) is 0 Å². The number of hydrogen-bond acceptors (Lipinski definition) is 4. The van der Waals surface area contributed by atoms with E-state index in [0.29, 0.717) is 11.5 Å². The number of hydrogen-bond donors (Lipinski definition) is 1. The third kappa shape index (κ3) is 4.27. The van der Waals surface area contributed by atoms with Gasteiger partial charge in [0.05, 0.1) is 0 Å². The summed E-state index contributed by atoms with van der Waals surface area (Å²) in [5.74, 6) is 0.524. The molecule has 0 saturated carbocycles. The van der Waals surface area contributed by atoms with Gasteiger partial charge in [0.15, 0.2) is 11.5 Å². The van der Waals surface area contributed by atoms with E-state index in [0.717, 1.165) is 25.1 Å². The first-order valence-corrected chi connectivity index (χ1v) is 7.12. The molecule has 5 heteroatoms. The molecule has 5 nitrogen and oxygen atoms in total. The Morgan fingerprint density at radius 3 is 2.52 bits per heavy atom. The molecule has 0 aliphatic carbocycles. The number of benzene rings is 1. The lowest BCUT2D eigenvalue weighted by atomic mass is 10.3. The van der Waals surface area contributed by atoms with Crippen molar-refractivity contribution in [3.05, 3.63) is 48.2 Å².